The van der Waals surface area contributed by atoms with E-state index < -0.39 is 23.8 Å². The van der Waals surface area contributed by atoms with Crippen molar-refractivity contribution < 1.29 is 29.4 Å². The molecule has 10 heteroatoms. The summed E-state index contributed by atoms with van der Waals surface area (Å²) in [4.78, 5) is 52.0. The number of nitrogens with two attached hydrogens (primary N) is 2. The van der Waals surface area contributed by atoms with Crippen LogP contribution in [0.3, 0.4) is 0 Å². The second kappa shape index (κ2) is 9.99. The topological polar surface area (TPSA) is 179 Å². The summed E-state index contributed by atoms with van der Waals surface area (Å²) in [6.07, 6.45) is 6.79. The van der Waals surface area contributed by atoms with Gasteiger partial charge in [0.25, 0.3) is 0 Å². The van der Waals surface area contributed by atoms with Crippen molar-refractivity contribution in [1.29, 1.82) is 0 Å². The van der Waals surface area contributed by atoms with E-state index in [1.807, 2.05) is 12.5 Å². The van der Waals surface area contributed by atoms with Gasteiger partial charge in [0.2, 0.25) is 11.8 Å². The number of aryl methyl sites for hydroxylation is 1. The fourth-order valence-corrected chi connectivity index (χ4v) is 5.33. The second-order valence-corrected chi connectivity index (χ2v) is 9.28. The minimum atomic E-state index is -1.25. The molecular formula is C30H24N4O6. The zero-order valence-corrected chi connectivity index (χ0v) is 21.3. The quantitative estimate of drug-likeness (QED) is 0.177. The van der Waals surface area contributed by atoms with E-state index in [2.05, 4.69) is 16.5 Å². The van der Waals surface area contributed by atoms with Crippen LogP contribution in [0.5, 0.6) is 0 Å². The predicted molar refractivity (Wildman–Crippen MR) is 151 cm³/mol. The molecule has 0 aliphatic rings. The van der Waals surface area contributed by atoms with Crippen LogP contribution in [0.15, 0.2) is 67.3 Å². The lowest BCUT2D eigenvalue weighted by molar-refractivity contribution is 0.0695. The number of nitrogens with zero attached hydrogens (tertiary/aromatic N) is 2. The first-order valence-electron chi connectivity index (χ1n) is 12.4. The third-order valence-corrected chi connectivity index (χ3v) is 6.93. The van der Waals surface area contributed by atoms with Gasteiger partial charge in [-0.25, -0.2) is 14.6 Å². The molecule has 0 radical (unpaired) electrons. The molecule has 2 amide bonds. The average Bonchev–Trinajstić information content (AvgIpc) is 3.44. The summed E-state index contributed by atoms with van der Waals surface area (Å²) in [5.41, 5.74) is 11.1. The van der Waals surface area contributed by atoms with E-state index in [0.29, 0.717) is 37.7 Å². The van der Waals surface area contributed by atoms with Gasteiger partial charge in [0.05, 0.1) is 17.5 Å². The summed E-state index contributed by atoms with van der Waals surface area (Å²) < 4.78 is 2.07. The normalized spacial score (nSPS) is 11.1. The molecule has 1 aromatic heterocycles. The minimum absolute atomic E-state index is 0.108. The summed E-state index contributed by atoms with van der Waals surface area (Å²) in [7, 11) is 0. The van der Waals surface area contributed by atoms with Crippen LogP contribution in [0.2, 0.25) is 0 Å². The first-order valence-corrected chi connectivity index (χ1v) is 12.4. The van der Waals surface area contributed by atoms with Crippen LogP contribution in [0.1, 0.15) is 54.8 Å². The smallest absolute Gasteiger partial charge is 0.336 e. The van der Waals surface area contributed by atoms with Crippen molar-refractivity contribution in [2.45, 2.75) is 19.9 Å². The number of carboxylic acid groups (broad SMARTS) is 2. The molecule has 0 saturated carbocycles. The van der Waals surface area contributed by atoms with Crippen LogP contribution in [0.25, 0.3) is 43.1 Å². The molecule has 5 aromatic carbocycles. The van der Waals surface area contributed by atoms with E-state index in [1.165, 1.54) is 30.7 Å². The number of hydrogen-bond acceptors (Lipinski definition) is 5. The Bertz CT molecular complexity index is 1740. The van der Waals surface area contributed by atoms with Crippen LogP contribution in [0, 0.1) is 0 Å². The number of hydrogen-bond donors (Lipinski definition) is 4. The molecule has 40 heavy (non-hydrogen) atoms. The molecular weight excluding hydrogens is 512 g/mol. The van der Waals surface area contributed by atoms with Crippen molar-refractivity contribution in [3.8, 4) is 0 Å². The molecule has 10 nitrogen and oxygen atoms in total. The second-order valence-electron chi connectivity index (χ2n) is 9.28. The van der Waals surface area contributed by atoms with Crippen molar-refractivity contribution in [2.24, 2.45) is 11.5 Å². The van der Waals surface area contributed by atoms with Crippen molar-refractivity contribution in [3.63, 3.8) is 0 Å². The Morgan fingerprint density at radius 3 is 1.40 bits per heavy atom. The van der Waals surface area contributed by atoms with Crippen LogP contribution < -0.4 is 11.5 Å². The van der Waals surface area contributed by atoms with E-state index in [-0.39, 0.29) is 27.6 Å². The van der Waals surface area contributed by atoms with Crippen molar-refractivity contribution in [2.75, 3.05) is 0 Å². The van der Waals surface area contributed by atoms with Crippen molar-refractivity contribution >= 4 is 66.8 Å². The molecule has 0 aliphatic carbocycles. The number of carbonyl (C=O) groups excluding carboxylic acids is 2. The molecule has 0 spiro atoms. The zero-order valence-electron chi connectivity index (χ0n) is 21.3. The number of rotatable bonds is 6. The van der Waals surface area contributed by atoms with E-state index in [4.69, 9.17) is 11.5 Å². The molecule has 0 aliphatic heterocycles. The van der Waals surface area contributed by atoms with E-state index >= 15 is 0 Å². The number of carbonyl (C=O) groups is 4. The maximum atomic E-state index is 12.1. The van der Waals surface area contributed by atoms with Crippen molar-refractivity contribution in [1.82, 2.24) is 9.55 Å². The molecule has 200 valence electrons. The van der Waals surface area contributed by atoms with Gasteiger partial charge >= 0.3 is 11.9 Å². The number of carboxylic acids is 2. The first kappa shape index (κ1) is 26.1. The largest absolute Gasteiger partial charge is 0.478 e. The van der Waals surface area contributed by atoms with Crippen LogP contribution in [-0.2, 0) is 6.54 Å². The molecule has 6 N–H and O–H groups in total. The van der Waals surface area contributed by atoms with Gasteiger partial charge < -0.3 is 26.2 Å². The van der Waals surface area contributed by atoms with Crippen LogP contribution in [-0.4, -0.2) is 43.5 Å². The molecule has 0 atom stereocenters. The third-order valence-electron chi connectivity index (χ3n) is 6.93. The maximum Gasteiger partial charge on any atom is 0.336 e. The zero-order chi connectivity index (χ0) is 28.7. The van der Waals surface area contributed by atoms with Gasteiger partial charge in [-0.3, -0.25) is 9.59 Å². The lowest BCUT2D eigenvalue weighted by Crippen LogP contribution is -2.16. The Labute approximate surface area is 226 Å². The predicted octanol–water partition coefficient (Wildman–Crippen LogP) is 4.62. The molecule has 6 rings (SSSR count). The number of amides is 2. The Hall–Kier alpha value is -5.51. The van der Waals surface area contributed by atoms with Gasteiger partial charge in [-0.05, 0) is 63.0 Å². The number of benzene rings is 5. The minimum Gasteiger partial charge on any atom is -0.478 e. The monoisotopic (exact) mass is 536 g/mol. The van der Waals surface area contributed by atoms with Crippen molar-refractivity contribution in [3.05, 3.63) is 89.5 Å². The molecule has 0 unspecified atom stereocenters. The Morgan fingerprint density at radius 2 is 1.07 bits per heavy atom. The van der Waals surface area contributed by atoms with Crippen LogP contribution in [0.4, 0.5) is 0 Å². The molecule has 0 bridgehead atoms. The number of aromatic nitrogens is 2. The Morgan fingerprint density at radius 1 is 0.675 bits per heavy atom. The lowest BCUT2D eigenvalue weighted by Gasteiger charge is -2.18. The summed E-state index contributed by atoms with van der Waals surface area (Å²) in [6, 6.07) is 12.2. The number of primary amides is 2. The maximum absolute atomic E-state index is 12.1. The van der Waals surface area contributed by atoms with Gasteiger partial charge in [-0.1, -0.05) is 31.2 Å². The van der Waals surface area contributed by atoms with Crippen LogP contribution >= 0.6 is 0 Å². The van der Waals surface area contributed by atoms with Gasteiger partial charge in [-0.15, -0.1) is 0 Å². The molecule has 0 fully saturated rings. The number of aromatic carboxylic acids is 2. The SMILES string of the molecule is CCCn1ccnc1.NC(=O)c1ccc2c3ccc(C(=O)O)c4c(C(=O)O)ccc(c5ccc(C(N)=O)c1c25)c43. The highest BCUT2D eigenvalue weighted by Crippen LogP contribution is 2.43. The van der Waals surface area contributed by atoms with Gasteiger partial charge in [0.15, 0.2) is 0 Å². The molecule has 0 saturated heterocycles. The lowest BCUT2D eigenvalue weighted by atomic mass is 9.84. The number of fused-ring (bicyclic) bond motifs is 2. The fourth-order valence-electron chi connectivity index (χ4n) is 5.33. The van der Waals surface area contributed by atoms with Gasteiger partial charge in [0.1, 0.15) is 0 Å². The summed E-state index contributed by atoms with van der Waals surface area (Å²) >= 11 is 0. The standard InChI is InChI=1S/C24H14N2O6.C6H10N2/c25-21(27)13-5-1-9-11-3-7-15(23(29)30)20-16(24(31)32)8-4-12(18(11)20)10-2-6-14(22(26)28)19(13)17(9)10;1-2-4-8-5-3-7-6-8/h1-8H,(H2,25,27)(H2,26,28)(H,29,30)(H,31,32);3,5-6H,2,4H2,1H3. The van der Waals surface area contributed by atoms with Gasteiger partial charge in [-0.2, -0.15) is 0 Å². The summed E-state index contributed by atoms with van der Waals surface area (Å²) in [5.74, 6) is -3.95. The Balaban J connectivity index is 0.000000348. The van der Waals surface area contributed by atoms with E-state index in [1.54, 1.807) is 30.5 Å². The van der Waals surface area contributed by atoms with E-state index in [9.17, 15) is 29.4 Å². The Kier molecular flexibility index (Phi) is 6.52. The van der Waals surface area contributed by atoms with Gasteiger partial charge in [0, 0.05) is 40.8 Å². The fraction of sp³-hybridized carbons (Fsp3) is 0.100. The average molecular weight is 537 g/mol. The summed E-state index contributed by atoms with van der Waals surface area (Å²) in [5, 5.41) is 23.3. The first-order chi connectivity index (χ1) is 19.1. The highest BCUT2D eigenvalue weighted by molar-refractivity contribution is 6.38. The third kappa shape index (κ3) is 4.11. The molecule has 1 heterocycles. The van der Waals surface area contributed by atoms with E-state index in [0.717, 1.165) is 6.54 Å². The highest BCUT2D eigenvalue weighted by atomic mass is 16.4. The number of imidazole rings is 1. The highest BCUT2D eigenvalue weighted by Gasteiger charge is 2.24. The molecule has 6 aromatic rings. The summed E-state index contributed by atoms with van der Waals surface area (Å²) in [6.45, 7) is 3.24.